The molecular formula is C11H18N2O2. The predicted octanol–water partition coefficient (Wildman–Crippen LogP) is 0.522. The van der Waals surface area contributed by atoms with Crippen molar-refractivity contribution in [3.63, 3.8) is 0 Å². The number of nitrogens with zero attached hydrogens (tertiary/aromatic N) is 1. The number of carbonyl (C=O) groups is 2. The number of hydrogen-bond acceptors (Lipinski definition) is 2. The molecule has 0 aromatic heterocycles. The van der Waals surface area contributed by atoms with Crippen molar-refractivity contribution in [3.8, 4) is 0 Å². The first-order valence-corrected chi connectivity index (χ1v) is 5.73. The molecule has 15 heavy (non-hydrogen) atoms. The summed E-state index contributed by atoms with van der Waals surface area (Å²) in [6.45, 7) is 4.32. The Morgan fingerprint density at radius 1 is 1.47 bits per heavy atom. The Morgan fingerprint density at radius 2 is 2.13 bits per heavy atom. The van der Waals surface area contributed by atoms with Crippen LogP contribution in [0.25, 0.3) is 0 Å². The minimum atomic E-state index is -0.295. The van der Waals surface area contributed by atoms with Gasteiger partial charge in [-0.2, -0.15) is 0 Å². The summed E-state index contributed by atoms with van der Waals surface area (Å²) in [4.78, 5) is 25.3. The summed E-state index contributed by atoms with van der Waals surface area (Å²) >= 11 is 0. The van der Waals surface area contributed by atoms with Crippen LogP contribution < -0.4 is 5.32 Å². The Labute approximate surface area is 90.0 Å². The van der Waals surface area contributed by atoms with Crippen molar-refractivity contribution in [1.29, 1.82) is 0 Å². The standard InChI is InChI=1S/C11H18N2O2/c1-3-7(2)10-11(15)13(8-4-5-8)6-9(14)12-10/h7-8,10H,3-6H2,1-2H3,(H,12,14). The van der Waals surface area contributed by atoms with E-state index in [1.807, 2.05) is 13.8 Å². The molecule has 4 heteroatoms. The lowest BCUT2D eigenvalue weighted by atomic mass is 9.96. The zero-order valence-electron chi connectivity index (χ0n) is 9.32. The van der Waals surface area contributed by atoms with E-state index in [1.54, 1.807) is 4.90 Å². The molecule has 0 radical (unpaired) electrons. The molecular weight excluding hydrogens is 192 g/mol. The van der Waals surface area contributed by atoms with E-state index in [2.05, 4.69) is 5.32 Å². The number of hydrogen-bond donors (Lipinski definition) is 1. The zero-order chi connectivity index (χ0) is 11.0. The molecule has 84 valence electrons. The molecule has 4 nitrogen and oxygen atoms in total. The molecule has 2 fully saturated rings. The molecule has 2 amide bonds. The van der Waals surface area contributed by atoms with Gasteiger partial charge in [-0.25, -0.2) is 0 Å². The number of carbonyl (C=O) groups excluding carboxylic acids is 2. The molecule has 1 saturated heterocycles. The highest BCUT2D eigenvalue weighted by molar-refractivity contribution is 5.95. The van der Waals surface area contributed by atoms with Gasteiger partial charge in [-0.15, -0.1) is 0 Å². The molecule has 1 aliphatic carbocycles. The van der Waals surface area contributed by atoms with Crippen LogP contribution >= 0.6 is 0 Å². The first-order valence-electron chi connectivity index (χ1n) is 5.73. The average molecular weight is 210 g/mol. The monoisotopic (exact) mass is 210 g/mol. The molecule has 2 unspecified atom stereocenters. The van der Waals surface area contributed by atoms with E-state index in [1.165, 1.54) is 0 Å². The normalized spacial score (nSPS) is 28.9. The molecule has 2 rings (SSSR count). The summed E-state index contributed by atoms with van der Waals surface area (Å²) in [5.41, 5.74) is 0. The summed E-state index contributed by atoms with van der Waals surface area (Å²) in [6, 6.07) is 0.0481. The summed E-state index contributed by atoms with van der Waals surface area (Å²) in [6.07, 6.45) is 3.04. The highest BCUT2D eigenvalue weighted by atomic mass is 16.2. The first-order chi connectivity index (χ1) is 7.13. The van der Waals surface area contributed by atoms with Gasteiger partial charge in [0, 0.05) is 6.04 Å². The lowest BCUT2D eigenvalue weighted by Gasteiger charge is -2.35. The molecule has 2 atom stereocenters. The largest absolute Gasteiger partial charge is 0.342 e. The molecule has 2 aliphatic rings. The third-order valence-electron chi connectivity index (χ3n) is 3.38. The van der Waals surface area contributed by atoms with Gasteiger partial charge in [-0.1, -0.05) is 20.3 Å². The van der Waals surface area contributed by atoms with Gasteiger partial charge in [0.2, 0.25) is 11.8 Å². The van der Waals surface area contributed by atoms with E-state index in [-0.39, 0.29) is 30.3 Å². The summed E-state index contributed by atoms with van der Waals surface area (Å²) in [5, 5.41) is 2.80. The Hall–Kier alpha value is -1.06. The van der Waals surface area contributed by atoms with Crippen LogP contribution in [0.15, 0.2) is 0 Å². The van der Waals surface area contributed by atoms with Gasteiger partial charge in [0.15, 0.2) is 0 Å². The maximum absolute atomic E-state index is 12.1. The Bertz CT molecular complexity index is 286. The Morgan fingerprint density at radius 3 is 2.67 bits per heavy atom. The first kappa shape index (κ1) is 10.5. The van der Waals surface area contributed by atoms with E-state index in [4.69, 9.17) is 0 Å². The predicted molar refractivity (Wildman–Crippen MR) is 56.1 cm³/mol. The third-order valence-corrected chi connectivity index (χ3v) is 3.38. The second-order valence-electron chi connectivity index (χ2n) is 4.63. The van der Waals surface area contributed by atoms with Crippen molar-refractivity contribution in [2.24, 2.45) is 5.92 Å². The van der Waals surface area contributed by atoms with E-state index < -0.39 is 0 Å². The highest BCUT2D eigenvalue weighted by Crippen LogP contribution is 2.29. The Kier molecular flexibility index (Phi) is 2.67. The van der Waals surface area contributed by atoms with Gasteiger partial charge in [-0.3, -0.25) is 9.59 Å². The average Bonchev–Trinajstić information content (AvgIpc) is 3.03. The van der Waals surface area contributed by atoms with Gasteiger partial charge in [0.25, 0.3) is 0 Å². The van der Waals surface area contributed by atoms with Crippen molar-refractivity contribution in [1.82, 2.24) is 10.2 Å². The third kappa shape index (κ3) is 1.98. The minimum absolute atomic E-state index is 0.00759. The van der Waals surface area contributed by atoms with Crippen molar-refractivity contribution < 1.29 is 9.59 Å². The zero-order valence-corrected chi connectivity index (χ0v) is 9.32. The van der Waals surface area contributed by atoms with Gasteiger partial charge < -0.3 is 10.2 Å². The minimum Gasteiger partial charge on any atom is -0.342 e. The fourth-order valence-corrected chi connectivity index (χ4v) is 2.01. The quantitative estimate of drug-likeness (QED) is 0.738. The number of rotatable bonds is 3. The summed E-state index contributed by atoms with van der Waals surface area (Å²) in [7, 11) is 0. The molecule has 1 saturated carbocycles. The van der Waals surface area contributed by atoms with Gasteiger partial charge in [0.05, 0.1) is 6.54 Å². The number of piperazine rings is 1. The van der Waals surface area contributed by atoms with Crippen molar-refractivity contribution in [2.45, 2.75) is 45.2 Å². The van der Waals surface area contributed by atoms with Crippen LogP contribution in [0.4, 0.5) is 0 Å². The molecule has 1 N–H and O–H groups in total. The van der Waals surface area contributed by atoms with Crippen molar-refractivity contribution in [3.05, 3.63) is 0 Å². The maximum Gasteiger partial charge on any atom is 0.246 e. The van der Waals surface area contributed by atoms with Crippen LogP contribution in [0.3, 0.4) is 0 Å². The molecule has 0 aromatic rings. The SMILES string of the molecule is CCC(C)C1NC(=O)CN(C2CC2)C1=O. The van der Waals surface area contributed by atoms with Gasteiger partial charge in [0.1, 0.15) is 6.04 Å². The van der Waals surface area contributed by atoms with E-state index in [0.29, 0.717) is 6.04 Å². The summed E-state index contributed by atoms with van der Waals surface area (Å²) < 4.78 is 0. The smallest absolute Gasteiger partial charge is 0.246 e. The fraction of sp³-hybridized carbons (Fsp3) is 0.818. The lowest BCUT2D eigenvalue weighted by molar-refractivity contribution is -0.146. The van der Waals surface area contributed by atoms with Gasteiger partial charge >= 0.3 is 0 Å². The van der Waals surface area contributed by atoms with E-state index in [9.17, 15) is 9.59 Å². The van der Waals surface area contributed by atoms with Crippen LogP contribution in [-0.2, 0) is 9.59 Å². The number of amides is 2. The van der Waals surface area contributed by atoms with E-state index in [0.717, 1.165) is 19.3 Å². The van der Waals surface area contributed by atoms with Crippen LogP contribution in [0.2, 0.25) is 0 Å². The van der Waals surface area contributed by atoms with Crippen LogP contribution in [0, 0.1) is 5.92 Å². The molecule has 1 heterocycles. The second-order valence-corrected chi connectivity index (χ2v) is 4.63. The Balaban J connectivity index is 2.10. The molecule has 0 aromatic carbocycles. The topological polar surface area (TPSA) is 49.4 Å². The molecule has 0 bridgehead atoms. The highest BCUT2D eigenvalue weighted by Gasteiger charge is 2.42. The van der Waals surface area contributed by atoms with E-state index >= 15 is 0 Å². The van der Waals surface area contributed by atoms with Crippen LogP contribution in [0.5, 0.6) is 0 Å². The fourth-order valence-electron chi connectivity index (χ4n) is 2.01. The lowest BCUT2D eigenvalue weighted by Crippen LogP contribution is -2.60. The summed E-state index contributed by atoms with van der Waals surface area (Å²) in [5.74, 6) is 0.334. The maximum atomic E-state index is 12.1. The van der Waals surface area contributed by atoms with Crippen molar-refractivity contribution >= 4 is 11.8 Å². The second kappa shape index (κ2) is 3.83. The van der Waals surface area contributed by atoms with Crippen LogP contribution in [-0.4, -0.2) is 35.3 Å². The van der Waals surface area contributed by atoms with Crippen LogP contribution in [0.1, 0.15) is 33.1 Å². The number of nitrogens with one attached hydrogen (secondary N) is 1. The van der Waals surface area contributed by atoms with Gasteiger partial charge in [-0.05, 0) is 18.8 Å². The molecule has 0 spiro atoms. The molecule has 1 aliphatic heterocycles. The van der Waals surface area contributed by atoms with Crippen molar-refractivity contribution in [2.75, 3.05) is 6.54 Å².